The van der Waals surface area contributed by atoms with Gasteiger partial charge in [-0.2, -0.15) is 26.3 Å². The van der Waals surface area contributed by atoms with Crippen LogP contribution in [0.5, 0.6) is 0 Å². The smallest absolute Gasteiger partial charge is 0.417 e. The van der Waals surface area contributed by atoms with Crippen LogP contribution < -0.4 is 22.5 Å². The van der Waals surface area contributed by atoms with Crippen LogP contribution in [0.15, 0.2) is 28.2 Å². The first-order valence-corrected chi connectivity index (χ1v) is 9.87. The summed E-state index contributed by atoms with van der Waals surface area (Å²) in [6, 6.07) is -3.01. The van der Waals surface area contributed by atoms with Crippen molar-refractivity contribution >= 4 is 23.8 Å². The van der Waals surface area contributed by atoms with Gasteiger partial charge in [0, 0.05) is 0 Å². The Labute approximate surface area is 196 Å². The number of hydrogen-bond acceptors (Lipinski definition) is 11. The Bertz CT molecular complexity index is 1200. The number of nitrogens with one attached hydrogen (secondary N) is 1. The minimum absolute atomic E-state index is 0.0480. The Morgan fingerprint density at radius 3 is 2.31 bits per heavy atom. The van der Waals surface area contributed by atoms with Gasteiger partial charge in [-0.15, -0.1) is 0 Å². The van der Waals surface area contributed by atoms with Gasteiger partial charge in [0.05, 0.1) is 23.2 Å². The molecule has 3 aliphatic heterocycles. The van der Waals surface area contributed by atoms with Crippen LogP contribution in [-0.2, 0) is 21.9 Å². The van der Waals surface area contributed by atoms with Crippen molar-refractivity contribution < 1.29 is 50.9 Å². The lowest BCUT2D eigenvalue weighted by molar-refractivity contribution is -0.256. The van der Waals surface area contributed by atoms with Gasteiger partial charge in [0.1, 0.15) is 6.04 Å². The molecule has 3 heterocycles. The zero-order valence-corrected chi connectivity index (χ0v) is 17.6. The molecule has 1 amide bonds. The van der Waals surface area contributed by atoms with Crippen molar-refractivity contribution in [3.8, 4) is 0 Å². The van der Waals surface area contributed by atoms with E-state index in [2.05, 4.69) is 15.3 Å². The molecule has 1 aromatic carbocycles. The maximum Gasteiger partial charge on any atom is 0.417 e. The van der Waals surface area contributed by atoms with Crippen molar-refractivity contribution in [1.82, 2.24) is 10.2 Å². The number of guanidine groups is 2. The van der Waals surface area contributed by atoms with Gasteiger partial charge >= 0.3 is 18.3 Å². The first-order valence-electron chi connectivity index (χ1n) is 9.87. The Balaban J connectivity index is 1.74. The van der Waals surface area contributed by atoms with Crippen LogP contribution in [0.1, 0.15) is 21.5 Å². The molecule has 0 aliphatic carbocycles. The number of aliphatic hydroxyl groups is 2. The highest BCUT2D eigenvalue weighted by molar-refractivity contribution is 5.94. The van der Waals surface area contributed by atoms with E-state index in [0.717, 1.165) is 4.90 Å². The fourth-order valence-electron chi connectivity index (χ4n) is 4.49. The lowest BCUT2D eigenvalue weighted by atomic mass is 9.85. The molecule has 4 rings (SSSR count). The number of nitrogens with zero attached hydrogens (tertiary/aromatic N) is 3. The predicted octanol–water partition coefficient (Wildman–Crippen LogP) is -1.59. The highest BCUT2D eigenvalue weighted by Crippen LogP contribution is 2.46. The average molecular weight is 525 g/mol. The number of carbonyl (C=O) groups is 2. The fourth-order valence-corrected chi connectivity index (χ4v) is 4.49. The Morgan fingerprint density at radius 1 is 1.11 bits per heavy atom. The third-order valence-corrected chi connectivity index (χ3v) is 6.07. The number of primary amides is 1. The Hall–Kier alpha value is -3.80. The molecule has 1 fully saturated rings. The quantitative estimate of drug-likeness (QED) is 0.153. The number of halogens is 6. The minimum atomic E-state index is -5.26. The molecule has 196 valence electrons. The number of hydrogen-bond donors (Lipinski definition) is 6. The number of nitrogens with two attached hydrogens (primary N) is 3. The summed E-state index contributed by atoms with van der Waals surface area (Å²) in [4.78, 5) is 33.2. The molecule has 9 N–H and O–H groups in total. The lowest BCUT2D eigenvalue weighted by Crippen LogP contribution is -2.78. The molecule has 4 atom stereocenters. The summed E-state index contributed by atoms with van der Waals surface area (Å²) in [6.07, 6.45) is -12.5. The number of alkyl halides is 6. The number of aliphatic imine (C=N–C) groups is 2. The highest BCUT2D eigenvalue weighted by Gasteiger charge is 2.75. The number of carbonyl (C=O) groups excluding carboxylic acids is 2. The third-order valence-electron chi connectivity index (χ3n) is 6.07. The summed E-state index contributed by atoms with van der Waals surface area (Å²) < 4.78 is 84.4. The molecule has 3 aliphatic rings. The lowest BCUT2D eigenvalue weighted by Gasteiger charge is -2.47. The van der Waals surface area contributed by atoms with E-state index in [1.54, 1.807) is 0 Å². The van der Waals surface area contributed by atoms with Gasteiger partial charge in [0.25, 0.3) is 0 Å². The molecule has 0 saturated carbocycles. The SMILES string of the molecule is NC(=O)[C@@H]1N=C(N)N2C[C@H](OC(=O)c3cc(C(F)(F)F)ccc3C(F)(F)F)C(O)(O)[C@@]23NC(N)=N[C@@H]13. The number of benzene rings is 1. The first-order chi connectivity index (χ1) is 16.4. The van der Waals surface area contributed by atoms with E-state index in [0.29, 0.717) is 0 Å². The van der Waals surface area contributed by atoms with Gasteiger partial charge in [0.15, 0.2) is 29.7 Å². The molecule has 0 radical (unpaired) electrons. The molecule has 1 aromatic rings. The van der Waals surface area contributed by atoms with Crippen LogP contribution in [0.25, 0.3) is 0 Å². The van der Waals surface area contributed by atoms with E-state index < -0.39 is 89.0 Å². The van der Waals surface area contributed by atoms with Crippen molar-refractivity contribution in [3.63, 3.8) is 0 Å². The third kappa shape index (κ3) is 3.55. The van der Waals surface area contributed by atoms with Gasteiger partial charge < -0.3 is 42.4 Å². The van der Waals surface area contributed by atoms with Crippen LogP contribution in [0.4, 0.5) is 26.3 Å². The van der Waals surface area contributed by atoms with Gasteiger partial charge in [-0.3, -0.25) is 4.79 Å². The molecule has 1 saturated heterocycles. The van der Waals surface area contributed by atoms with E-state index in [1.807, 2.05) is 0 Å². The zero-order valence-electron chi connectivity index (χ0n) is 17.6. The summed E-state index contributed by atoms with van der Waals surface area (Å²) in [5.41, 5.74) is 9.58. The van der Waals surface area contributed by atoms with Crippen molar-refractivity contribution in [1.29, 1.82) is 0 Å². The molecule has 12 nitrogen and oxygen atoms in total. The zero-order chi connectivity index (χ0) is 27.0. The van der Waals surface area contributed by atoms with Crippen molar-refractivity contribution in [2.45, 2.75) is 42.0 Å². The fraction of sp³-hybridized carbons (Fsp3) is 0.444. The number of rotatable bonds is 3. The summed E-state index contributed by atoms with van der Waals surface area (Å²) in [6.45, 7) is -0.744. The van der Waals surface area contributed by atoms with Crippen LogP contribution in [0.3, 0.4) is 0 Å². The standard InChI is InChI=1S/C18H17F6N7O5/c19-17(20,21)5-1-2-7(18(22,23)24)6(3-5)12(33)36-8-4-31-14(27)28-9(11(25)32)10-15(31,16(8,34)35)30-13(26)29-10/h1-3,8-10,34-35H,4H2,(H2,25,32)(H2,27,28)(H3,26,29,30)/t8-,9+,10-,15-/m0/s1. The first kappa shape index (κ1) is 25.3. The van der Waals surface area contributed by atoms with Gasteiger partial charge in [-0.05, 0) is 18.2 Å². The van der Waals surface area contributed by atoms with Crippen molar-refractivity contribution in [2.24, 2.45) is 27.2 Å². The van der Waals surface area contributed by atoms with Crippen LogP contribution in [-0.4, -0.2) is 75.1 Å². The van der Waals surface area contributed by atoms with Crippen LogP contribution >= 0.6 is 0 Å². The second-order valence-electron chi connectivity index (χ2n) is 8.17. The maximum absolute atomic E-state index is 13.4. The molecular weight excluding hydrogens is 508 g/mol. The Morgan fingerprint density at radius 2 is 1.75 bits per heavy atom. The number of esters is 1. The second-order valence-corrected chi connectivity index (χ2v) is 8.17. The van der Waals surface area contributed by atoms with Crippen LogP contribution in [0, 0.1) is 0 Å². The molecule has 0 aromatic heterocycles. The van der Waals surface area contributed by atoms with E-state index in [-0.39, 0.29) is 18.2 Å². The van der Waals surface area contributed by atoms with Crippen molar-refractivity contribution in [3.05, 3.63) is 34.9 Å². The average Bonchev–Trinajstić information content (AvgIpc) is 3.20. The largest absolute Gasteiger partial charge is 0.451 e. The monoisotopic (exact) mass is 525 g/mol. The molecule has 36 heavy (non-hydrogen) atoms. The molecule has 0 bridgehead atoms. The summed E-state index contributed by atoms with van der Waals surface area (Å²) in [5, 5.41) is 24.5. The van der Waals surface area contributed by atoms with E-state index in [4.69, 9.17) is 21.9 Å². The Kier molecular flexibility index (Phi) is 5.34. The van der Waals surface area contributed by atoms with Crippen molar-refractivity contribution in [2.75, 3.05) is 6.54 Å². The molecule has 18 heteroatoms. The number of ether oxygens (including phenoxy) is 1. The summed E-state index contributed by atoms with van der Waals surface area (Å²) >= 11 is 0. The highest BCUT2D eigenvalue weighted by atomic mass is 19.4. The molecule has 1 spiro atoms. The topological polar surface area (TPSA) is 202 Å². The summed E-state index contributed by atoms with van der Waals surface area (Å²) in [5.74, 6) is -7.28. The van der Waals surface area contributed by atoms with E-state index in [1.165, 1.54) is 0 Å². The normalized spacial score (nSPS) is 29.0. The number of amides is 1. The maximum atomic E-state index is 13.4. The molecular formula is C18H17F6N7O5. The van der Waals surface area contributed by atoms with Gasteiger partial charge in [-0.25, -0.2) is 14.8 Å². The van der Waals surface area contributed by atoms with Crippen LogP contribution in [0.2, 0.25) is 0 Å². The van der Waals surface area contributed by atoms with E-state index in [9.17, 15) is 46.1 Å². The van der Waals surface area contributed by atoms with Gasteiger partial charge in [0.2, 0.25) is 11.7 Å². The summed E-state index contributed by atoms with van der Waals surface area (Å²) in [7, 11) is 0. The van der Waals surface area contributed by atoms with Gasteiger partial charge in [-0.1, -0.05) is 0 Å². The molecule has 0 unspecified atom stereocenters. The predicted molar refractivity (Wildman–Crippen MR) is 105 cm³/mol. The second kappa shape index (κ2) is 7.60. The van der Waals surface area contributed by atoms with E-state index >= 15 is 0 Å². The minimum Gasteiger partial charge on any atom is -0.451 e.